The van der Waals surface area contributed by atoms with E-state index in [4.69, 9.17) is 10.5 Å². The summed E-state index contributed by atoms with van der Waals surface area (Å²) in [5, 5.41) is 3.14. The molecule has 0 spiro atoms. The minimum atomic E-state index is 0.444. The van der Waals surface area contributed by atoms with E-state index in [1.54, 1.807) is 0 Å². The molecule has 0 bridgehead atoms. The molecule has 0 amide bonds. The highest BCUT2D eigenvalue weighted by Crippen LogP contribution is 2.14. The molecule has 3 N–H and O–H groups in total. The lowest BCUT2D eigenvalue weighted by atomic mass is 10.1. The van der Waals surface area contributed by atoms with Gasteiger partial charge in [-0.2, -0.15) is 0 Å². The zero-order chi connectivity index (χ0) is 16.5. The van der Waals surface area contributed by atoms with Crippen LogP contribution in [0.25, 0.3) is 0 Å². The van der Waals surface area contributed by atoms with Gasteiger partial charge in [0.05, 0.1) is 6.61 Å². The number of ether oxygens (including phenoxy) is 1. The average Bonchev–Trinajstić information content (AvgIpc) is 2.56. The molecular formula is C19H25N3O. The molecule has 0 unspecified atom stereocenters. The summed E-state index contributed by atoms with van der Waals surface area (Å²) in [5.41, 5.74) is 9.40. The number of hydrogen-bond acceptors (Lipinski definition) is 2. The van der Waals surface area contributed by atoms with Crippen molar-refractivity contribution in [1.29, 1.82) is 0 Å². The van der Waals surface area contributed by atoms with Crippen LogP contribution >= 0.6 is 0 Å². The number of nitrogens with one attached hydrogen (secondary N) is 1. The number of benzene rings is 2. The van der Waals surface area contributed by atoms with Gasteiger partial charge < -0.3 is 15.8 Å². The Morgan fingerprint density at radius 1 is 1.09 bits per heavy atom. The fourth-order valence-electron chi connectivity index (χ4n) is 2.32. The van der Waals surface area contributed by atoms with Gasteiger partial charge in [0.1, 0.15) is 5.75 Å². The van der Waals surface area contributed by atoms with Gasteiger partial charge in [0.15, 0.2) is 5.96 Å². The zero-order valence-corrected chi connectivity index (χ0v) is 13.9. The number of nitrogens with two attached hydrogens (primary N) is 1. The lowest BCUT2D eigenvalue weighted by Gasteiger charge is -2.08. The zero-order valence-electron chi connectivity index (χ0n) is 13.9. The van der Waals surface area contributed by atoms with Crippen molar-refractivity contribution in [2.75, 3.05) is 18.5 Å². The monoisotopic (exact) mass is 311 g/mol. The third kappa shape index (κ3) is 5.66. The van der Waals surface area contributed by atoms with Crippen LogP contribution in [0.2, 0.25) is 0 Å². The quantitative estimate of drug-likeness (QED) is 0.606. The number of guanidine groups is 1. The highest BCUT2D eigenvalue weighted by Gasteiger charge is 1.98. The number of aliphatic imine (C=N–C) groups is 1. The van der Waals surface area contributed by atoms with E-state index in [1.165, 1.54) is 11.1 Å². The number of hydrogen-bond donors (Lipinski definition) is 2. The Morgan fingerprint density at radius 3 is 2.65 bits per heavy atom. The number of nitrogens with zero attached hydrogens (tertiary/aromatic N) is 1. The van der Waals surface area contributed by atoms with Gasteiger partial charge in [-0.05, 0) is 55.2 Å². The fourth-order valence-corrected chi connectivity index (χ4v) is 2.32. The average molecular weight is 311 g/mol. The van der Waals surface area contributed by atoms with E-state index in [-0.39, 0.29) is 0 Å². The van der Waals surface area contributed by atoms with Crippen LogP contribution in [0, 0.1) is 0 Å². The van der Waals surface area contributed by atoms with Gasteiger partial charge in [-0.3, -0.25) is 4.99 Å². The highest BCUT2D eigenvalue weighted by molar-refractivity contribution is 5.92. The second-order valence-corrected chi connectivity index (χ2v) is 5.28. The molecule has 122 valence electrons. The maximum Gasteiger partial charge on any atom is 0.193 e. The second-order valence-electron chi connectivity index (χ2n) is 5.28. The van der Waals surface area contributed by atoms with Crippen molar-refractivity contribution in [3.63, 3.8) is 0 Å². The highest BCUT2D eigenvalue weighted by atomic mass is 16.5. The van der Waals surface area contributed by atoms with Gasteiger partial charge >= 0.3 is 0 Å². The lowest BCUT2D eigenvalue weighted by molar-refractivity contribution is 0.340. The van der Waals surface area contributed by atoms with E-state index >= 15 is 0 Å². The Morgan fingerprint density at radius 2 is 1.87 bits per heavy atom. The molecule has 2 aromatic rings. The van der Waals surface area contributed by atoms with E-state index in [0.29, 0.717) is 19.1 Å². The normalized spacial score (nSPS) is 11.3. The maximum atomic E-state index is 5.95. The topological polar surface area (TPSA) is 59.6 Å². The first-order valence-corrected chi connectivity index (χ1v) is 8.09. The summed E-state index contributed by atoms with van der Waals surface area (Å²) in [7, 11) is 0. The van der Waals surface area contributed by atoms with Crippen LogP contribution in [0.5, 0.6) is 5.75 Å². The molecule has 4 heteroatoms. The Bertz CT molecular complexity index is 653. The van der Waals surface area contributed by atoms with Gasteiger partial charge in [-0.25, -0.2) is 0 Å². The van der Waals surface area contributed by atoms with Crippen LogP contribution in [-0.2, 0) is 12.8 Å². The molecule has 2 aromatic carbocycles. The summed E-state index contributed by atoms with van der Waals surface area (Å²) in [6, 6.07) is 16.3. The molecule has 2 rings (SSSR count). The van der Waals surface area contributed by atoms with Crippen LogP contribution in [0.3, 0.4) is 0 Å². The number of aryl methyl sites for hydroxylation is 1. The summed E-state index contributed by atoms with van der Waals surface area (Å²) in [4.78, 5) is 4.39. The first kappa shape index (κ1) is 16.9. The van der Waals surface area contributed by atoms with Crippen molar-refractivity contribution in [2.24, 2.45) is 10.7 Å². The van der Waals surface area contributed by atoms with E-state index in [2.05, 4.69) is 35.4 Å². The molecule has 0 aliphatic heterocycles. The van der Waals surface area contributed by atoms with Crippen molar-refractivity contribution >= 4 is 11.6 Å². The minimum Gasteiger partial charge on any atom is -0.494 e. The molecule has 0 aliphatic rings. The third-order valence-electron chi connectivity index (χ3n) is 3.50. The van der Waals surface area contributed by atoms with Crippen molar-refractivity contribution in [3.05, 3.63) is 59.7 Å². The molecule has 0 aromatic heterocycles. The Labute approximate surface area is 138 Å². The van der Waals surface area contributed by atoms with Gasteiger partial charge in [0.2, 0.25) is 0 Å². The number of anilines is 1. The molecule has 0 radical (unpaired) electrons. The van der Waals surface area contributed by atoms with Gasteiger partial charge in [0, 0.05) is 12.2 Å². The molecule has 4 nitrogen and oxygen atoms in total. The maximum absolute atomic E-state index is 5.95. The molecule has 0 aliphatic carbocycles. The summed E-state index contributed by atoms with van der Waals surface area (Å²) in [6.07, 6.45) is 1.83. The molecule has 0 atom stereocenters. The summed E-state index contributed by atoms with van der Waals surface area (Å²) in [5.74, 6) is 1.34. The van der Waals surface area contributed by atoms with Gasteiger partial charge in [0.25, 0.3) is 0 Å². The molecule has 0 heterocycles. The van der Waals surface area contributed by atoms with Crippen molar-refractivity contribution in [1.82, 2.24) is 0 Å². The summed E-state index contributed by atoms with van der Waals surface area (Å²) < 4.78 is 5.50. The van der Waals surface area contributed by atoms with Crippen molar-refractivity contribution < 1.29 is 4.74 Å². The lowest BCUT2D eigenvalue weighted by Crippen LogP contribution is -2.23. The van der Waals surface area contributed by atoms with E-state index in [9.17, 15) is 0 Å². The predicted octanol–water partition coefficient (Wildman–Crippen LogP) is 3.62. The Kier molecular flexibility index (Phi) is 6.48. The fraction of sp³-hybridized carbons (Fsp3) is 0.316. The second kappa shape index (κ2) is 8.83. The molecule has 0 saturated heterocycles. The molecule has 23 heavy (non-hydrogen) atoms. The third-order valence-corrected chi connectivity index (χ3v) is 3.50. The van der Waals surface area contributed by atoms with E-state index in [0.717, 1.165) is 24.3 Å². The molecule has 0 saturated carbocycles. The standard InChI is InChI=1S/C19H25N3O/c1-3-15-7-5-9-17(13-15)22-19(20)21-12-11-16-8-6-10-18(14-16)23-4-2/h5-10,13-14H,3-4,11-12H2,1-2H3,(H3,20,21,22). The molecular weight excluding hydrogens is 286 g/mol. The SMILES string of the molecule is CCOc1cccc(CCN=C(N)Nc2cccc(CC)c2)c1. The van der Waals surface area contributed by atoms with Crippen LogP contribution in [0.1, 0.15) is 25.0 Å². The summed E-state index contributed by atoms with van der Waals surface area (Å²) >= 11 is 0. The smallest absolute Gasteiger partial charge is 0.193 e. The predicted molar refractivity (Wildman–Crippen MR) is 97.2 cm³/mol. The summed E-state index contributed by atoms with van der Waals surface area (Å²) in [6.45, 7) is 5.43. The Balaban J connectivity index is 1.88. The van der Waals surface area contributed by atoms with Crippen LogP contribution in [0.15, 0.2) is 53.5 Å². The van der Waals surface area contributed by atoms with Crippen molar-refractivity contribution in [3.8, 4) is 5.75 Å². The van der Waals surface area contributed by atoms with Gasteiger partial charge in [-0.1, -0.05) is 31.2 Å². The van der Waals surface area contributed by atoms with E-state index in [1.807, 2.05) is 37.3 Å². The minimum absolute atomic E-state index is 0.444. The molecule has 0 fully saturated rings. The number of rotatable bonds is 7. The Hall–Kier alpha value is -2.49. The largest absolute Gasteiger partial charge is 0.494 e. The van der Waals surface area contributed by atoms with Crippen LogP contribution in [-0.4, -0.2) is 19.1 Å². The first-order chi connectivity index (χ1) is 11.2. The van der Waals surface area contributed by atoms with E-state index < -0.39 is 0 Å². The van der Waals surface area contributed by atoms with Gasteiger partial charge in [-0.15, -0.1) is 0 Å². The van der Waals surface area contributed by atoms with Crippen molar-refractivity contribution in [2.45, 2.75) is 26.7 Å². The van der Waals surface area contributed by atoms with Crippen LogP contribution < -0.4 is 15.8 Å². The first-order valence-electron chi connectivity index (χ1n) is 8.09. The van der Waals surface area contributed by atoms with Crippen LogP contribution in [0.4, 0.5) is 5.69 Å².